The Labute approximate surface area is 243 Å². The van der Waals surface area contributed by atoms with Gasteiger partial charge in [-0.25, -0.2) is 0 Å². The molecule has 2 aromatic carbocycles. The topological polar surface area (TPSA) is 90.4 Å². The lowest BCUT2D eigenvalue weighted by Crippen LogP contribution is -2.43. The van der Waals surface area contributed by atoms with Gasteiger partial charge in [-0.05, 0) is 67.1 Å². The molecule has 1 saturated heterocycles. The third-order valence-corrected chi connectivity index (χ3v) is 9.04. The molecule has 42 heavy (non-hydrogen) atoms. The number of fused-ring (bicyclic) bond motifs is 1. The molecule has 0 spiro atoms. The average molecular weight is 581 g/mol. The van der Waals surface area contributed by atoms with Gasteiger partial charge >= 0.3 is 6.18 Å². The van der Waals surface area contributed by atoms with Gasteiger partial charge in [-0.2, -0.15) is 18.4 Å². The Hall–Kier alpha value is -3.46. The van der Waals surface area contributed by atoms with E-state index < -0.39 is 18.0 Å². The van der Waals surface area contributed by atoms with Crippen LogP contribution in [0.3, 0.4) is 0 Å². The molecular weight excluding hydrogens is 545 g/mol. The number of aliphatic hydroxyl groups is 1. The molecule has 8 nitrogen and oxygen atoms in total. The number of anilines is 1. The molecule has 1 aliphatic carbocycles. The molecule has 2 atom stereocenters. The van der Waals surface area contributed by atoms with Crippen molar-refractivity contribution in [1.82, 2.24) is 19.7 Å². The van der Waals surface area contributed by atoms with E-state index in [1.807, 2.05) is 42.8 Å². The number of aryl methyl sites for hydroxylation is 1. The van der Waals surface area contributed by atoms with Crippen molar-refractivity contribution < 1.29 is 23.0 Å². The van der Waals surface area contributed by atoms with Crippen LogP contribution in [0.4, 0.5) is 18.9 Å². The molecule has 3 aliphatic rings. The van der Waals surface area contributed by atoms with Gasteiger partial charge < -0.3 is 19.3 Å². The van der Waals surface area contributed by atoms with Crippen LogP contribution in [0.15, 0.2) is 42.7 Å². The molecule has 222 valence electrons. The molecule has 2 aliphatic heterocycles. The minimum Gasteiger partial charge on any atom is -0.377 e. The number of ether oxygens (including phenoxy) is 1. The van der Waals surface area contributed by atoms with Crippen molar-refractivity contribution >= 4 is 5.69 Å². The van der Waals surface area contributed by atoms with E-state index in [1.54, 1.807) is 17.3 Å². The fraction of sp³-hybridized carbons (Fsp3) is 0.516. The van der Waals surface area contributed by atoms with Gasteiger partial charge in [0, 0.05) is 68.8 Å². The van der Waals surface area contributed by atoms with E-state index in [-0.39, 0.29) is 29.5 Å². The zero-order chi connectivity index (χ0) is 29.6. The Morgan fingerprint density at radius 2 is 2.02 bits per heavy atom. The molecular formula is C31H35F3N6O2. The van der Waals surface area contributed by atoms with E-state index in [0.29, 0.717) is 55.8 Å². The van der Waals surface area contributed by atoms with Crippen LogP contribution in [-0.4, -0.2) is 50.6 Å². The van der Waals surface area contributed by atoms with Gasteiger partial charge in [0.05, 0.1) is 17.7 Å². The van der Waals surface area contributed by atoms with Crippen LogP contribution >= 0.6 is 0 Å². The molecule has 2 fully saturated rings. The smallest absolute Gasteiger partial charge is 0.377 e. The van der Waals surface area contributed by atoms with Crippen LogP contribution in [0, 0.1) is 17.2 Å². The minimum absolute atomic E-state index is 0.00781. The van der Waals surface area contributed by atoms with Crippen molar-refractivity contribution in [1.29, 1.82) is 5.26 Å². The highest BCUT2D eigenvalue weighted by atomic mass is 19.4. The van der Waals surface area contributed by atoms with E-state index in [0.717, 1.165) is 24.4 Å². The summed E-state index contributed by atoms with van der Waals surface area (Å²) >= 11 is 0. The Morgan fingerprint density at radius 3 is 2.74 bits per heavy atom. The highest BCUT2D eigenvalue weighted by Gasteiger charge is 2.47. The molecule has 6 rings (SSSR count). The Kier molecular flexibility index (Phi) is 7.50. The normalized spacial score (nSPS) is 26.4. The molecule has 11 heteroatoms. The summed E-state index contributed by atoms with van der Waals surface area (Å²) in [5.74, 6) is 0.730. The van der Waals surface area contributed by atoms with Crippen LogP contribution < -0.4 is 4.90 Å². The molecule has 0 bridgehead atoms. The molecule has 3 aromatic rings. The summed E-state index contributed by atoms with van der Waals surface area (Å²) in [4.78, 5) is 3.75. The third kappa shape index (κ3) is 5.39. The molecule has 1 saturated carbocycles. The summed E-state index contributed by atoms with van der Waals surface area (Å²) in [5, 5.41) is 29.2. The SMILES string of the molecule is CC1CN(Cc2cc3c(c(C(F)(F)F)c2)CN(c2cccc(C4(Cc5nncn5C)CC(C#N)C4)c2)C3O)CCCO1. The quantitative estimate of drug-likeness (QED) is 0.445. The van der Waals surface area contributed by atoms with Crippen LogP contribution in [-0.2, 0) is 42.9 Å². The number of nitriles is 1. The molecule has 0 radical (unpaired) electrons. The molecule has 0 amide bonds. The maximum atomic E-state index is 14.4. The predicted molar refractivity (Wildman–Crippen MR) is 149 cm³/mol. The van der Waals surface area contributed by atoms with E-state index >= 15 is 0 Å². The highest BCUT2D eigenvalue weighted by Crippen LogP contribution is 2.51. The second kappa shape index (κ2) is 11.0. The van der Waals surface area contributed by atoms with Crippen molar-refractivity contribution in [2.24, 2.45) is 13.0 Å². The van der Waals surface area contributed by atoms with Gasteiger partial charge in [-0.1, -0.05) is 12.1 Å². The molecule has 3 heterocycles. The van der Waals surface area contributed by atoms with Crippen LogP contribution in [0.1, 0.15) is 66.1 Å². The van der Waals surface area contributed by atoms with Crippen LogP contribution in [0.2, 0.25) is 0 Å². The van der Waals surface area contributed by atoms with Crippen LogP contribution in [0.5, 0.6) is 0 Å². The van der Waals surface area contributed by atoms with Gasteiger partial charge in [-0.15, -0.1) is 10.2 Å². The summed E-state index contributed by atoms with van der Waals surface area (Å²) in [6.45, 7) is 4.30. The number of aliphatic hydroxyl groups excluding tert-OH is 1. The van der Waals surface area contributed by atoms with Crippen molar-refractivity contribution in [3.05, 3.63) is 76.4 Å². The molecule has 1 N–H and O–H groups in total. The summed E-state index contributed by atoms with van der Waals surface area (Å²) < 4.78 is 50.7. The monoisotopic (exact) mass is 580 g/mol. The number of aromatic nitrogens is 3. The standard InChI is InChI=1S/C31H35F3N6O2/c1-20-16-39(7-4-8-42-20)17-21-9-25-26(27(10-21)31(32,33)34)18-40(29(25)41)24-6-3-5-23(11-24)30(12-22(13-30)15-35)14-28-37-36-19-38(28)2/h3,5-6,9-11,19-20,22,29,41H,4,7-8,12-14,16-18H2,1-2H3. The van der Waals surface area contributed by atoms with Gasteiger partial charge in [0.15, 0.2) is 6.23 Å². The number of rotatable bonds is 6. The Morgan fingerprint density at radius 1 is 1.21 bits per heavy atom. The second-order valence-corrected chi connectivity index (χ2v) is 12.1. The van der Waals surface area contributed by atoms with E-state index in [2.05, 4.69) is 21.2 Å². The highest BCUT2D eigenvalue weighted by molar-refractivity contribution is 5.58. The fourth-order valence-electron chi connectivity index (χ4n) is 6.89. The van der Waals surface area contributed by atoms with Gasteiger partial charge in [0.25, 0.3) is 0 Å². The zero-order valence-electron chi connectivity index (χ0n) is 23.8. The predicted octanol–water partition coefficient (Wildman–Crippen LogP) is 4.87. The number of halogens is 3. The second-order valence-electron chi connectivity index (χ2n) is 12.1. The van der Waals surface area contributed by atoms with Crippen molar-refractivity contribution in [2.45, 2.75) is 69.6 Å². The van der Waals surface area contributed by atoms with E-state index in [9.17, 15) is 23.5 Å². The minimum atomic E-state index is -4.55. The first kappa shape index (κ1) is 28.6. The van der Waals surface area contributed by atoms with Gasteiger partial charge in [0.2, 0.25) is 0 Å². The third-order valence-electron chi connectivity index (χ3n) is 9.04. The molecule has 2 unspecified atom stereocenters. The van der Waals surface area contributed by atoms with Gasteiger partial charge in [-0.3, -0.25) is 4.90 Å². The zero-order valence-corrected chi connectivity index (χ0v) is 23.8. The maximum Gasteiger partial charge on any atom is 0.416 e. The fourth-order valence-corrected chi connectivity index (χ4v) is 6.89. The average Bonchev–Trinajstić information content (AvgIpc) is 3.41. The number of hydrogen-bond acceptors (Lipinski definition) is 7. The number of benzene rings is 2. The molecule has 1 aromatic heterocycles. The Balaban J connectivity index is 1.31. The number of nitrogens with zero attached hydrogens (tertiary/aromatic N) is 6. The van der Waals surface area contributed by atoms with Crippen molar-refractivity contribution in [2.75, 3.05) is 24.6 Å². The van der Waals surface area contributed by atoms with E-state index in [4.69, 9.17) is 4.74 Å². The summed E-state index contributed by atoms with van der Waals surface area (Å²) in [6, 6.07) is 13.0. The van der Waals surface area contributed by atoms with Crippen molar-refractivity contribution in [3.8, 4) is 6.07 Å². The summed E-state index contributed by atoms with van der Waals surface area (Å²) in [6.07, 6.45) is -1.39. The largest absolute Gasteiger partial charge is 0.416 e. The number of hydrogen-bond donors (Lipinski definition) is 1. The Bertz CT molecular complexity index is 1490. The number of alkyl halides is 3. The summed E-state index contributed by atoms with van der Waals surface area (Å²) in [5.41, 5.74) is 1.53. The first-order valence-electron chi connectivity index (χ1n) is 14.4. The van der Waals surface area contributed by atoms with Crippen molar-refractivity contribution in [3.63, 3.8) is 0 Å². The lowest BCUT2D eigenvalue weighted by molar-refractivity contribution is -0.138. The first-order chi connectivity index (χ1) is 20.1. The van der Waals surface area contributed by atoms with Gasteiger partial charge in [0.1, 0.15) is 12.2 Å². The summed E-state index contributed by atoms with van der Waals surface area (Å²) in [7, 11) is 1.88. The lowest BCUT2D eigenvalue weighted by atomic mass is 9.57. The van der Waals surface area contributed by atoms with E-state index in [1.165, 1.54) is 6.07 Å². The lowest BCUT2D eigenvalue weighted by Gasteiger charge is -2.45. The van der Waals surface area contributed by atoms with Crippen LogP contribution in [0.25, 0.3) is 0 Å². The first-order valence-corrected chi connectivity index (χ1v) is 14.4. The maximum absolute atomic E-state index is 14.4.